The Labute approximate surface area is 125 Å². The van der Waals surface area contributed by atoms with E-state index in [9.17, 15) is 9.90 Å². The number of nitrogens with zero attached hydrogens (tertiary/aromatic N) is 1. The normalized spacial score (nSPS) is 12.6. The first-order chi connectivity index (χ1) is 10.2. The third-order valence-electron chi connectivity index (χ3n) is 3.93. The van der Waals surface area contributed by atoms with Gasteiger partial charge in [-0.05, 0) is 30.2 Å². The summed E-state index contributed by atoms with van der Waals surface area (Å²) >= 11 is 0. The van der Waals surface area contributed by atoms with E-state index in [4.69, 9.17) is 0 Å². The first kappa shape index (κ1) is 15.4. The quantitative estimate of drug-likeness (QED) is 0.858. The molecule has 0 spiro atoms. The van der Waals surface area contributed by atoms with Crippen molar-refractivity contribution in [2.24, 2.45) is 5.92 Å². The molecule has 0 saturated heterocycles. The molecule has 4 nitrogen and oxygen atoms in total. The fourth-order valence-corrected chi connectivity index (χ4v) is 2.52. The molecule has 0 aliphatic rings. The summed E-state index contributed by atoms with van der Waals surface area (Å²) in [7, 11) is 0. The number of benzene rings is 1. The summed E-state index contributed by atoms with van der Waals surface area (Å²) in [6.45, 7) is 4.39. The number of pyridine rings is 1. The third kappa shape index (κ3) is 3.79. The third-order valence-corrected chi connectivity index (χ3v) is 3.93. The largest absolute Gasteiger partial charge is 0.391 e. The lowest BCUT2D eigenvalue weighted by atomic mass is 9.96. The summed E-state index contributed by atoms with van der Waals surface area (Å²) in [5, 5.41) is 13.8. The summed E-state index contributed by atoms with van der Waals surface area (Å²) < 4.78 is 0. The molecule has 1 aromatic heterocycles. The average molecular weight is 286 g/mol. The lowest BCUT2D eigenvalue weighted by Gasteiger charge is -2.20. The molecular formula is C17H22N2O2. The Morgan fingerprint density at radius 2 is 2.05 bits per heavy atom. The Morgan fingerprint density at radius 3 is 2.76 bits per heavy atom. The van der Waals surface area contributed by atoms with Gasteiger partial charge in [-0.25, -0.2) is 0 Å². The van der Waals surface area contributed by atoms with Gasteiger partial charge in [-0.2, -0.15) is 0 Å². The monoisotopic (exact) mass is 286 g/mol. The van der Waals surface area contributed by atoms with Crippen LogP contribution in [0.5, 0.6) is 0 Å². The zero-order valence-corrected chi connectivity index (χ0v) is 12.5. The Hall–Kier alpha value is -1.94. The highest BCUT2D eigenvalue weighted by Gasteiger charge is 2.16. The van der Waals surface area contributed by atoms with Crippen molar-refractivity contribution in [3.8, 4) is 0 Å². The van der Waals surface area contributed by atoms with Gasteiger partial charge in [0.2, 0.25) is 0 Å². The minimum Gasteiger partial charge on any atom is -0.391 e. The van der Waals surface area contributed by atoms with Gasteiger partial charge in [-0.15, -0.1) is 0 Å². The Morgan fingerprint density at radius 1 is 1.29 bits per heavy atom. The molecule has 2 N–H and O–H groups in total. The van der Waals surface area contributed by atoms with Crippen LogP contribution in [0.25, 0.3) is 10.9 Å². The number of rotatable bonds is 6. The van der Waals surface area contributed by atoms with Gasteiger partial charge in [-0.3, -0.25) is 9.78 Å². The summed E-state index contributed by atoms with van der Waals surface area (Å²) in [6.07, 6.45) is 3.06. The molecular weight excluding hydrogens is 264 g/mol. The van der Waals surface area contributed by atoms with Gasteiger partial charge in [0.25, 0.3) is 5.91 Å². The van der Waals surface area contributed by atoms with Crippen LogP contribution in [0.4, 0.5) is 0 Å². The van der Waals surface area contributed by atoms with E-state index >= 15 is 0 Å². The van der Waals surface area contributed by atoms with Crippen molar-refractivity contribution in [1.82, 2.24) is 10.3 Å². The number of aliphatic hydroxyl groups excluding tert-OH is 1. The highest BCUT2D eigenvalue weighted by molar-refractivity contribution is 5.97. The molecule has 0 saturated carbocycles. The van der Waals surface area contributed by atoms with Crippen LogP contribution in [0, 0.1) is 5.92 Å². The number of hydrogen-bond donors (Lipinski definition) is 2. The summed E-state index contributed by atoms with van der Waals surface area (Å²) in [4.78, 5) is 16.4. The van der Waals surface area contributed by atoms with Crippen LogP contribution in [-0.2, 0) is 0 Å². The molecule has 1 amide bonds. The van der Waals surface area contributed by atoms with Crippen molar-refractivity contribution in [3.05, 3.63) is 42.1 Å². The highest BCUT2D eigenvalue weighted by atomic mass is 16.3. The van der Waals surface area contributed by atoms with E-state index in [2.05, 4.69) is 24.1 Å². The highest BCUT2D eigenvalue weighted by Crippen LogP contribution is 2.14. The molecule has 2 aromatic rings. The van der Waals surface area contributed by atoms with Crippen molar-refractivity contribution >= 4 is 16.8 Å². The standard InChI is InChI=1S/C17H22N2O2/c1-3-12(4-2)16(20)11-19-17(21)14-7-8-15-13(10-14)6-5-9-18-15/h5-10,12,16,20H,3-4,11H2,1-2H3,(H,19,21). The maximum atomic E-state index is 12.1. The van der Waals surface area contributed by atoms with E-state index in [0.29, 0.717) is 5.56 Å². The second-order valence-electron chi connectivity index (χ2n) is 5.26. The number of aromatic nitrogens is 1. The van der Waals surface area contributed by atoms with Crippen molar-refractivity contribution in [3.63, 3.8) is 0 Å². The molecule has 1 unspecified atom stereocenters. The number of amides is 1. The zero-order chi connectivity index (χ0) is 15.2. The SMILES string of the molecule is CCC(CC)C(O)CNC(=O)c1ccc2ncccc2c1. The molecule has 0 aliphatic heterocycles. The molecule has 4 heteroatoms. The smallest absolute Gasteiger partial charge is 0.251 e. The van der Waals surface area contributed by atoms with Gasteiger partial charge in [0.15, 0.2) is 0 Å². The predicted octanol–water partition coefficient (Wildman–Crippen LogP) is 2.76. The van der Waals surface area contributed by atoms with Gasteiger partial charge < -0.3 is 10.4 Å². The molecule has 1 atom stereocenters. The predicted molar refractivity (Wildman–Crippen MR) is 84.2 cm³/mol. The molecule has 0 radical (unpaired) electrons. The van der Waals surface area contributed by atoms with Crippen molar-refractivity contribution in [2.75, 3.05) is 6.54 Å². The lowest BCUT2D eigenvalue weighted by molar-refractivity contribution is 0.0817. The summed E-state index contributed by atoms with van der Waals surface area (Å²) in [6, 6.07) is 9.19. The minimum atomic E-state index is -0.494. The molecule has 0 aliphatic carbocycles. The summed E-state index contributed by atoms with van der Waals surface area (Å²) in [5.74, 6) is 0.0665. The number of carbonyl (C=O) groups is 1. The molecule has 2 rings (SSSR count). The van der Waals surface area contributed by atoms with Gasteiger partial charge in [0.1, 0.15) is 0 Å². The molecule has 1 aromatic carbocycles. The first-order valence-corrected chi connectivity index (χ1v) is 7.46. The fourth-order valence-electron chi connectivity index (χ4n) is 2.52. The minimum absolute atomic E-state index is 0.161. The molecule has 112 valence electrons. The average Bonchev–Trinajstić information content (AvgIpc) is 2.53. The van der Waals surface area contributed by atoms with E-state index in [-0.39, 0.29) is 18.4 Å². The topological polar surface area (TPSA) is 62.2 Å². The van der Waals surface area contributed by atoms with E-state index in [1.165, 1.54) is 0 Å². The molecule has 21 heavy (non-hydrogen) atoms. The van der Waals surface area contributed by atoms with Gasteiger partial charge in [-0.1, -0.05) is 32.8 Å². The van der Waals surface area contributed by atoms with E-state index in [1.54, 1.807) is 12.3 Å². The van der Waals surface area contributed by atoms with E-state index in [1.807, 2.05) is 24.3 Å². The zero-order valence-electron chi connectivity index (χ0n) is 12.5. The number of fused-ring (bicyclic) bond motifs is 1. The van der Waals surface area contributed by atoms with Crippen LogP contribution in [0.15, 0.2) is 36.5 Å². The van der Waals surface area contributed by atoms with Crippen molar-refractivity contribution < 1.29 is 9.90 Å². The number of aliphatic hydroxyl groups is 1. The maximum Gasteiger partial charge on any atom is 0.251 e. The Bertz CT molecular complexity index is 609. The molecule has 1 heterocycles. The van der Waals surface area contributed by atoms with Crippen LogP contribution in [0.1, 0.15) is 37.0 Å². The molecule has 0 bridgehead atoms. The second-order valence-corrected chi connectivity index (χ2v) is 5.26. The summed E-state index contributed by atoms with van der Waals surface area (Å²) in [5.41, 5.74) is 1.46. The Balaban J connectivity index is 2.02. The number of nitrogens with one attached hydrogen (secondary N) is 1. The van der Waals surface area contributed by atoms with Crippen LogP contribution < -0.4 is 5.32 Å². The van der Waals surface area contributed by atoms with Crippen LogP contribution in [0.3, 0.4) is 0 Å². The fraction of sp³-hybridized carbons (Fsp3) is 0.412. The van der Waals surface area contributed by atoms with Crippen LogP contribution in [-0.4, -0.2) is 28.6 Å². The molecule has 0 fully saturated rings. The van der Waals surface area contributed by atoms with E-state index in [0.717, 1.165) is 23.7 Å². The van der Waals surface area contributed by atoms with Crippen molar-refractivity contribution in [1.29, 1.82) is 0 Å². The number of hydrogen-bond acceptors (Lipinski definition) is 3. The Kier molecular flexibility index (Phi) is 5.28. The van der Waals surface area contributed by atoms with Crippen LogP contribution >= 0.6 is 0 Å². The van der Waals surface area contributed by atoms with Gasteiger partial charge in [0.05, 0.1) is 11.6 Å². The maximum absolute atomic E-state index is 12.1. The van der Waals surface area contributed by atoms with Gasteiger partial charge >= 0.3 is 0 Å². The first-order valence-electron chi connectivity index (χ1n) is 7.46. The van der Waals surface area contributed by atoms with E-state index < -0.39 is 6.10 Å². The van der Waals surface area contributed by atoms with Crippen molar-refractivity contribution in [2.45, 2.75) is 32.8 Å². The number of carbonyl (C=O) groups excluding carboxylic acids is 1. The second kappa shape index (κ2) is 7.18. The van der Waals surface area contributed by atoms with Crippen LogP contribution in [0.2, 0.25) is 0 Å². The van der Waals surface area contributed by atoms with Gasteiger partial charge in [0, 0.05) is 23.7 Å². The lowest BCUT2D eigenvalue weighted by Crippen LogP contribution is -2.36.